The highest BCUT2D eigenvalue weighted by atomic mass is 127. The number of hydrogen-bond acceptors (Lipinski definition) is 3. The normalized spacial score (nSPS) is 10.8. The van der Waals surface area contributed by atoms with Crippen molar-refractivity contribution in [2.24, 2.45) is 12.8 Å². The van der Waals surface area contributed by atoms with Gasteiger partial charge in [0.25, 0.3) is 5.91 Å². The van der Waals surface area contributed by atoms with Crippen LogP contribution in [0.25, 0.3) is 0 Å². The average Bonchev–Trinajstić information content (AvgIpc) is 2.94. The molecule has 134 valence electrons. The van der Waals surface area contributed by atoms with Crippen molar-refractivity contribution in [3.63, 3.8) is 0 Å². The molecule has 5 nitrogen and oxygen atoms in total. The van der Waals surface area contributed by atoms with Crippen LogP contribution in [0.15, 0.2) is 42.7 Å². The first-order valence-electron chi connectivity index (χ1n) is 7.56. The Morgan fingerprint density at radius 1 is 1.27 bits per heavy atom. The molecule has 3 rings (SSSR count). The largest absolute Gasteiger partial charge is 0.453 e. The van der Waals surface area contributed by atoms with E-state index in [1.165, 1.54) is 16.9 Å². The number of ether oxygens (including phenoxy) is 1. The number of aryl methyl sites for hydroxylation is 1. The van der Waals surface area contributed by atoms with Crippen molar-refractivity contribution in [3.8, 4) is 11.5 Å². The summed E-state index contributed by atoms with van der Waals surface area (Å²) in [5.41, 5.74) is 6.06. The highest BCUT2D eigenvalue weighted by molar-refractivity contribution is 14.1. The van der Waals surface area contributed by atoms with Crippen LogP contribution in [-0.4, -0.2) is 15.7 Å². The van der Waals surface area contributed by atoms with Crippen molar-refractivity contribution in [2.45, 2.75) is 6.42 Å². The van der Waals surface area contributed by atoms with Crippen molar-refractivity contribution in [3.05, 3.63) is 74.6 Å². The maximum Gasteiger partial charge on any atom is 0.252 e. The van der Waals surface area contributed by atoms with Gasteiger partial charge in [-0.2, -0.15) is 5.10 Å². The summed E-state index contributed by atoms with van der Waals surface area (Å²) in [6.07, 6.45) is 2.99. The molecule has 0 saturated heterocycles. The number of carbonyl (C=O) groups excluding carboxylic acids is 1. The summed E-state index contributed by atoms with van der Waals surface area (Å²) in [4.78, 5) is 12.0. The minimum Gasteiger partial charge on any atom is -0.453 e. The van der Waals surface area contributed by atoms with Crippen molar-refractivity contribution in [1.29, 1.82) is 0 Å². The quantitative estimate of drug-likeness (QED) is 0.579. The average molecular weight is 469 g/mol. The Morgan fingerprint density at radius 2 is 2.04 bits per heavy atom. The number of primary amides is 1. The lowest BCUT2D eigenvalue weighted by Crippen LogP contribution is -2.16. The molecule has 8 heteroatoms. The second-order valence-electron chi connectivity index (χ2n) is 5.67. The summed E-state index contributed by atoms with van der Waals surface area (Å²) in [6.45, 7) is 0. The molecule has 0 unspecified atom stereocenters. The summed E-state index contributed by atoms with van der Waals surface area (Å²) in [6, 6.07) is 6.92. The molecule has 0 fully saturated rings. The van der Waals surface area contributed by atoms with Crippen LogP contribution in [0.4, 0.5) is 8.78 Å². The summed E-state index contributed by atoms with van der Waals surface area (Å²) < 4.78 is 36.1. The Morgan fingerprint density at radius 3 is 2.65 bits per heavy atom. The van der Waals surface area contributed by atoms with Gasteiger partial charge in [0, 0.05) is 23.1 Å². The Kier molecular flexibility index (Phi) is 5.21. The third-order valence-corrected chi connectivity index (χ3v) is 4.37. The van der Waals surface area contributed by atoms with E-state index in [1.54, 1.807) is 25.4 Å². The van der Waals surface area contributed by atoms with Gasteiger partial charge in [0.15, 0.2) is 5.75 Å². The maximum absolute atomic E-state index is 14.2. The topological polar surface area (TPSA) is 70.1 Å². The van der Waals surface area contributed by atoms with E-state index in [1.807, 2.05) is 22.6 Å². The molecule has 0 bridgehead atoms. The molecule has 0 atom stereocenters. The molecule has 0 radical (unpaired) electrons. The SMILES string of the molecule is Cn1cc(Oc2cc(F)cc(Cc3ccc(I)cc3F)c2C(N)=O)cn1. The van der Waals surface area contributed by atoms with Crippen LogP contribution in [-0.2, 0) is 13.5 Å². The van der Waals surface area contributed by atoms with Gasteiger partial charge in [0.1, 0.15) is 17.4 Å². The third-order valence-electron chi connectivity index (χ3n) is 3.70. The van der Waals surface area contributed by atoms with Crippen LogP contribution < -0.4 is 10.5 Å². The number of amides is 1. The maximum atomic E-state index is 14.2. The number of nitrogens with two attached hydrogens (primary N) is 1. The van der Waals surface area contributed by atoms with Crippen molar-refractivity contribution >= 4 is 28.5 Å². The van der Waals surface area contributed by atoms with Gasteiger partial charge in [-0.1, -0.05) is 6.07 Å². The standard InChI is InChI=1S/C18H14F2IN3O2/c1-24-9-14(8-23-24)26-16-6-12(19)5-11(17(16)18(22)25)4-10-2-3-13(21)7-15(10)20/h2-3,5-9H,4H2,1H3,(H2,22,25). The molecular formula is C18H14F2IN3O2. The van der Waals surface area contributed by atoms with E-state index < -0.39 is 17.5 Å². The number of nitrogens with zero attached hydrogens (tertiary/aromatic N) is 2. The molecule has 3 aromatic rings. The van der Waals surface area contributed by atoms with E-state index in [4.69, 9.17) is 10.5 Å². The van der Waals surface area contributed by atoms with E-state index in [0.717, 1.165) is 15.7 Å². The predicted octanol–water partition coefficient (Wildman–Crippen LogP) is 3.78. The van der Waals surface area contributed by atoms with Crippen LogP contribution in [0, 0.1) is 15.2 Å². The van der Waals surface area contributed by atoms with Gasteiger partial charge in [-0.15, -0.1) is 0 Å². The fourth-order valence-electron chi connectivity index (χ4n) is 2.58. The summed E-state index contributed by atoms with van der Waals surface area (Å²) >= 11 is 1.99. The second-order valence-corrected chi connectivity index (χ2v) is 6.91. The van der Waals surface area contributed by atoms with Crippen LogP contribution in [0.3, 0.4) is 0 Å². The molecule has 0 aliphatic carbocycles. The zero-order chi connectivity index (χ0) is 18.8. The van der Waals surface area contributed by atoms with Gasteiger partial charge >= 0.3 is 0 Å². The van der Waals surface area contributed by atoms with Gasteiger partial charge in [0.05, 0.1) is 18.0 Å². The number of rotatable bonds is 5. The molecule has 0 spiro atoms. The Bertz CT molecular complexity index is 989. The molecule has 1 amide bonds. The fourth-order valence-corrected chi connectivity index (χ4v) is 3.04. The molecule has 2 N–H and O–H groups in total. The molecule has 2 aromatic carbocycles. The second kappa shape index (κ2) is 7.40. The minimum atomic E-state index is -0.787. The van der Waals surface area contributed by atoms with Crippen LogP contribution in [0.5, 0.6) is 11.5 Å². The molecule has 1 heterocycles. The van der Waals surface area contributed by atoms with Gasteiger partial charge in [-0.25, -0.2) is 8.78 Å². The highest BCUT2D eigenvalue weighted by Gasteiger charge is 2.20. The lowest BCUT2D eigenvalue weighted by atomic mass is 9.98. The lowest BCUT2D eigenvalue weighted by molar-refractivity contribution is 0.0997. The Hall–Kier alpha value is -2.49. The van der Waals surface area contributed by atoms with E-state index in [2.05, 4.69) is 5.10 Å². The van der Waals surface area contributed by atoms with E-state index in [9.17, 15) is 13.6 Å². The molecule has 26 heavy (non-hydrogen) atoms. The Balaban J connectivity index is 2.05. The summed E-state index contributed by atoms with van der Waals surface area (Å²) in [7, 11) is 1.69. The first-order chi connectivity index (χ1) is 12.3. The Labute approximate surface area is 161 Å². The fraction of sp³-hybridized carbons (Fsp3) is 0.111. The van der Waals surface area contributed by atoms with Crippen molar-refractivity contribution in [1.82, 2.24) is 9.78 Å². The minimum absolute atomic E-state index is 0.00217. The van der Waals surface area contributed by atoms with Crippen LogP contribution >= 0.6 is 22.6 Å². The molecular weight excluding hydrogens is 455 g/mol. The van der Waals surface area contributed by atoms with Crippen LogP contribution in [0.2, 0.25) is 0 Å². The van der Waals surface area contributed by atoms with Gasteiger partial charge in [-0.05, 0) is 51.9 Å². The van der Waals surface area contributed by atoms with Gasteiger partial charge < -0.3 is 10.5 Å². The highest BCUT2D eigenvalue weighted by Crippen LogP contribution is 2.30. The smallest absolute Gasteiger partial charge is 0.252 e. The number of aromatic nitrogens is 2. The van der Waals surface area contributed by atoms with Gasteiger partial charge in [0.2, 0.25) is 0 Å². The van der Waals surface area contributed by atoms with E-state index in [-0.39, 0.29) is 23.3 Å². The van der Waals surface area contributed by atoms with Crippen molar-refractivity contribution < 1.29 is 18.3 Å². The molecule has 0 aliphatic heterocycles. The van der Waals surface area contributed by atoms with Crippen molar-refractivity contribution in [2.75, 3.05) is 0 Å². The van der Waals surface area contributed by atoms with E-state index in [0.29, 0.717) is 11.3 Å². The summed E-state index contributed by atoms with van der Waals surface area (Å²) in [5.74, 6) is -1.55. The van der Waals surface area contributed by atoms with Crippen LogP contribution in [0.1, 0.15) is 21.5 Å². The van der Waals surface area contributed by atoms with E-state index >= 15 is 0 Å². The number of carbonyl (C=O) groups is 1. The first-order valence-corrected chi connectivity index (χ1v) is 8.64. The monoisotopic (exact) mass is 469 g/mol. The number of halogens is 3. The zero-order valence-electron chi connectivity index (χ0n) is 13.7. The lowest BCUT2D eigenvalue weighted by Gasteiger charge is -2.13. The third kappa shape index (κ3) is 4.01. The number of benzene rings is 2. The number of hydrogen-bond donors (Lipinski definition) is 1. The molecule has 0 aliphatic rings. The first kappa shape index (κ1) is 18.3. The summed E-state index contributed by atoms with van der Waals surface area (Å²) in [5, 5.41) is 3.95. The zero-order valence-corrected chi connectivity index (χ0v) is 15.8. The molecule has 0 saturated carbocycles. The predicted molar refractivity (Wildman–Crippen MR) is 100 cm³/mol. The molecule has 1 aromatic heterocycles. The van der Waals surface area contributed by atoms with Gasteiger partial charge in [-0.3, -0.25) is 9.48 Å².